The van der Waals surface area contributed by atoms with Crippen molar-refractivity contribution in [3.05, 3.63) is 94.6 Å². The summed E-state index contributed by atoms with van der Waals surface area (Å²) in [4.78, 5) is 14.8. The van der Waals surface area contributed by atoms with Crippen LogP contribution in [0.5, 0.6) is 11.5 Å². The van der Waals surface area contributed by atoms with E-state index in [1.807, 2.05) is 18.2 Å². The zero-order chi connectivity index (χ0) is 23.7. The van der Waals surface area contributed by atoms with Crippen LogP contribution in [0.1, 0.15) is 48.1 Å². The van der Waals surface area contributed by atoms with Crippen molar-refractivity contribution in [1.29, 1.82) is 0 Å². The van der Waals surface area contributed by atoms with Crippen LogP contribution in [0, 0.1) is 11.6 Å². The smallest absolute Gasteiger partial charge is 0.162 e. The molecule has 2 aliphatic heterocycles. The molecule has 0 aliphatic carbocycles. The van der Waals surface area contributed by atoms with Crippen LogP contribution in [0.15, 0.2) is 60.7 Å². The molecule has 0 bridgehead atoms. The Morgan fingerprint density at radius 2 is 1.50 bits per heavy atom. The van der Waals surface area contributed by atoms with Crippen molar-refractivity contribution >= 4 is 5.78 Å². The summed E-state index contributed by atoms with van der Waals surface area (Å²) < 4.78 is 39.5. The maximum atomic E-state index is 13.6. The average molecular weight is 464 g/mol. The Morgan fingerprint density at radius 3 is 2.12 bits per heavy atom. The van der Waals surface area contributed by atoms with E-state index in [4.69, 9.17) is 9.47 Å². The first kappa shape index (κ1) is 22.5. The molecule has 0 radical (unpaired) electrons. The van der Waals surface area contributed by atoms with Gasteiger partial charge in [0.1, 0.15) is 30.6 Å². The highest BCUT2D eigenvalue weighted by Gasteiger charge is 2.37. The molecular weight excluding hydrogens is 436 g/mol. The number of ketones is 1. The fourth-order valence-electron chi connectivity index (χ4n) is 5.03. The molecule has 0 aromatic heterocycles. The molecule has 0 saturated carbocycles. The van der Waals surface area contributed by atoms with Crippen molar-refractivity contribution in [2.45, 2.75) is 51.5 Å². The third kappa shape index (κ3) is 4.82. The van der Waals surface area contributed by atoms with Gasteiger partial charge >= 0.3 is 0 Å². The molecule has 2 heterocycles. The van der Waals surface area contributed by atoms with Gasteiger partial charge in [-0.2, -0.15) is 0 Å². The third-order valence-electron chi connectivity index (χ3n) is 6.68. The summed E-state index contributed by atoms with van der Waals surface area (Å²) in [5, 5.41) is 0. The molecule has 2 aliphatic rings. The second-order valence-electron chi connectivity index (χ2n) is 9.13. The van der Waals surface area contributed by atoms with E-state index in [1.165, 1.54) is 24.3 Å². The van der Waals surface area contributed by atoms with Gasteiger partial charge in [-0.05, 0) is 72.0 Å². The van der Waals surface area contributed by atoms with E-state index in [1.54, 1.807) is 18.2 Å². The van der Waals surface area contributed by atoms with Crippen LogP contribution < -0.4 is 9.47 Å². The number of Topliss-reactive ketones (excluding diaryl/α,β-unsaturated/α-hetero) is 1. The number of carbonyl (C=O) groups excluding carboxylic acids is 1. The predicted octanol–water partition coefficient (Wildman–Crippen LogP) is 5.77. The lowest BCUT2D eigenvalue weighted by molar-refractivity contribution is -0.125. The zero-order valence-electron chi connectivity index (χ0n) is 19.1. The molecule has 0 amide bonds. The van der Waals surface area contributed by atoms with E-state index in [2.05, 4.69) is 11.8 Å². The number of rotatable bonds is 6. The fourth-order valence-corrected chi connectivity index (χ4v) is 5.03. The number of hydrogen-bond acceptors (Lipinski definition) is 4. The lowest BCUT2D eigenvalue weighted by Crippen LogP contribution is -2.46. The fraction of sp³-hybridized carbons (Fsp3) is 0.321. The molecule has 6 heteroatoms. The molecule has 0 spiro atoms. The first-order chi connectivity index (χ1) is 16.5. The van der Waals surface area contributed by atoms with Crippen molar-refractivity contribution < 1.29 is 23.0 Å². The number of piperidine rings is 1. The maximum absolute atomic E-state index is 13.6. The Bertz CT molecular complexity index is 1210. The normalized spacial score (nSPS) is 19.9. The number of halogens is 2. The Morgan fingerprint density at radius 1 is 0.882 bits per heavy atom. The van der Waals surface area contributed by atoms with E-state index in [-0.39, 0.29) is 42.7 Å². The summed E-state index contributed by atoms with van der Waals surface area (Å²) in [6.07, 6.45) is 1.93. The molecule has 3 aromatic rings. The minimum Gasteiger partial charge on any atom is -0.485 e. The van der Waals surface area contributed by atoms with Gasteiger partial charge in [0.2, 0.25) is 0 Å². The Labute approximate surface area is 198 Å². The van der Waals surface area contributed by atoms with Crippen LogP contribution >= 0.6 is 0 Å². The molecule has 176 valence electrons. The van der Waals surface area contributed by atoms with E-state index < -0.39 is 0 Å². The zero-order valence-corrected chi connectivity index (χ0v) is 19.1. The molecule has 2 atom stereocenters. The summed E-state index contributed by atoms with van der Waals surface area (Å²) in [7, 11) is 0. The molecule has 1 saturated heterocycles. The molecule has 34 heavy (non-hydrogen) atoms. The van der Waals surface area contributed by atoms with Crippen LogP contribution in [-0.2, 0) is 24.4 Å². The van der Waals surface area contributed by atoms with Crippen LogP contribution in [0.2, 0.25) is 0 Å². The van der Waals surface area contributed by atoms with Crippen molar-refractivity contribution in [3.8, 4) is 11.5 Å². The summed E-state index contributed by atoms with van der Waals surface area (Å²) in [6, 6.07) is 16.8. The van der Waals surface area contributed by atoms with Gasteiger partial charge in [0.25, 0.3) is 0 Å². The highest BCUT2D eigenvalue weighted by Crippen LogP contribution is 2.43. The second kappa shape index (κ2) is 9.55. The number of benzene rings is 3. The lowest BCUT2D eigenvalue weighted by atomic mass is 9.84. The summed E-state index contributed by atoms with van der Waals surface area (Å²) >= 11 is 0. The number of ether oxygens (including phenoxy) is 2. The van der Waals surface area contributed by atoms with Crippen molar-refractivity contribution in [2.24, 2.45) is 0 Å². The van der Waals surface area contributed by atoms with E-state index >= 15 is 0 Å². The largest absolute Gasteiger partial charge is 0.485 e. The number of nitrogens with zero attached hydrogens (tertiary/aromatic N) is 1. The van der Waals surface area contributed by atoms with E-state index in [0.717, 1.165) is 24.1 Å². The van der Waals surface area contributed by atoms with Crippen LogP contribution in [0.3, 0.4) is 0 Å². The molecule has 4 nitrogen and oxygen atoms in total. The van der Waals surface area contributed by atoms with Gasteiger partial charge in [0, 0.05) is 31.5 Å². The second-order valence-corrected chi connectivity index (χ2v) is 9.13. The summed E-state index contributed by atoms with van der Waals surface area (Å²) in [5.41, 5.74) is 3.64. The van der Waals surface area contributed by atoms with Crippen molar-refractivity contribution in [1.82, 2.24) is 4.90 Å². The first-order valence-electron chi connectivity index (χ1n) is 11.6. The molecule has 1 fully saturated rings. The monoisotopic (exact) mass is 463 g/mol. The average Bonchev–Trinajstić information content (AvgIpc) is 2.81. The number of fused-ring (bicyclic) bond motifs is 3. The molecule has 0 unspecified atom stereocenters. The van der Waals surface area contributed by atoms with Gasteiger partial charge in [-0.3, -0.25) is 9.69 Å². The van der Waals surface area contributed by atoms with Crippen LogP contribution in [0.25, 0.3) is 0 Å². The third-order valence-corrected chi connectivity index (χ3v) is 6.68. The molecule has 0 N–H and O–H groups in total. The Hall–Kier alpha value is -3.25. The van der Waals surface area contributed by atoms with Crippen molar-refractivity contribution in [2.75, 3.05) is 6.54 Å². The highest BCUT2D eigenvalue weighted by molar-refractivity contribution is 5.81. The quantitative estimate of drug-likeness (QED) is 0.465. The molecule has 3 aromatic carbocycles. The lowest BCUT2D eigenvalue weighted by Gasteiger charge is -2.44. The minimum absolute atomic E-state index is 0.0220. The molecular formula is C28H27F2NO3. The summed E-state index contributed by atoms with van der Waals surface area (Å²) in [5.74, 6) is 0.731. The minimum atomic E-state index is -0.320. The number of hydrogen-bond donors (Lipinski definition) is 0. The first-order valence-corrected chi connectivity index (χ1v) is 11.6. The SMILES string of the molecule is C[C@@H]1CC(=O)C[C@H]2c3cc(OCc4cccc(F)c4)c(OCc4cccc(F)c4)cc3CCN12. The Kier molecular flexibility index (Phi) is 6.33. The number of carbonyl (C=O) groups is 1. The van der Waals surface area contributed by atoms with Gasteiger partial charge in [0.05, 0.1) is 0 Å². The molecule has 5 rings (SSSR count). The highest BCUT2D eigenvalue weighted by atomic mass is 19.1. The van der Waals surface area contributed by atoms with Gasteiger partial charge < -0.3 is 9.47 Å². The summed E-state index contributed by atoms with van der Waals surface area (Å²) in [6.45, 7) is 3.36. The van der Waals surface area contributed by atoms with Gasteiger partial charge in [-0.15, -0.1) is 0 Å². The Balaban J connectivity index is 1.46. The maximum Gasteiger partial charge on any atom is 0.162 e. The van der Waals surface area contributed by atoms with Gasteiger partial charge in [-0.1, -0.05) is 24.3 Å². The van der Waals surface area contributed by atoms with Gasteiger partial charge in [-0.25, -0.2) is 8.78 Å². The van der Waals surface area contributed by atoms with Crippen LogP contribution in [0.4, 0.5) is 8.78 Å². The van der Waals surface area contributed by atoms with Crippen molar-refractivity contribution in [3.63, 3.8) is 0 Å². The standard InChI is InChI=1S/C28H27F2NO3/c1-18-10-24(32)14-26-25-15-28(34-17-20-5-3-7-23(30)12-20)27(13-21(25)8-9-31(18)26)33-16-19-4-2-6-22(29)11-19/h2-7,11-13,15,18,26H,8-10,14,16-17H2,1H3/t18-,26+/m1/s1. The predicted molar refractivity (Wildman–Crippen MR) is 125 cm³/mol. The van der Waals surface area contributed by atoms with Gasteiger partial charge in [0.15, 0.2) is 11.5 Å². The topological polar surface area (TPSA) is 38.8 Å². The van der Waals surface area contributed by atoms with E-state index in [0.29, 0.717) is 35.5 Å². The van der Waals surface area contributed by atoms with Crippen LogP contribution in [-0.4, -0.2) is 23.3 Å². The van der Waals surface area contributed by atoms with E-state index in [9.17, 15) is 13.6 Å².